The highest BCUT2D eigenvalue weighted by Gasteiger charge is 2.33. The van der Waals surface area contributed by atoms with E-state index in [1.165, 1.54) is 4.31 Å². The first-order valence-electron chi connectivity index (χ1n) is 8.81. The minimum Gasteiger partial charge on any atom is -0.322 e. The lowest BCUT2D eigenvalue weighted by Gasteiger charge is -2.32. The molecule has 3 rings (SSSR count). The van der Waals surface area contributed by atoms with Gasteiger partial charge in [0.1, 0.15) is 0 Å². The average molecular weight is 381 g/mol. The van der Waals surface area contributed by atoms with Crippen LogP contribution in [0.25, 0.3) is 0 Å². The number of nitrogens with two attached hydrogens (primary N) is 1. The van der Waals surface area contributed by atoms with Crippen molar-refractivity contribution in [2.24, 2.45) is 5.73 Å². The van der Waals surface area contributed by atoms with Crippen molar-refractivity contribution in [1.82, 2.24) is 4.31 Å². The highest BCUT2D eigenvalue weighted by Crippen LogP contribution is 2.35. The number of nitrogens with zero attached hydrogens (tertiary/aromatic N) is 1. The van der Waals surface area contributed by atoms with Crippen molar-refractivity contribution < 1.29 is 8.42 Å². The molecule has 0 aliphatic rings. The summed E-state index contributed by atoms with van der Waals surface area (Å²) in [7, 11) is -2.11. The van der Waals surface area contributed by atoms with E-state index in [-0.39, 0.29) is 4.90 Å². The molecule has 0 amide bonds. The van der Waals surface area contributed by atoms with Gasteiger partial charge in [-0.25, -0.2) is 8.42 Å². The van der Waals surface area contributed by atoms with Crippen LogP contribution in [0.2, 0.25) is 0 Å². The molecule has 0 spiro atoms. The number of aryl methyl sites for hydroxylation is 1. The largest absolute Gasteiger partial charge is 0.322 e. The minimum atomic E-state index is -3.70. The maximum absolute atomic E-state index is 13.3. The van der Waals surface area contributed by atoms with Gasteiger partial charge in [-0.1, -0.05) is 78.4 Å². The predicted octanol–water partition coefficient (Wildman–Crippen LogP) is 4.06. The molecule has 1 unspecified atom stereocenters. The van der Waals surface area contributed by atoms with Crippen LogP contribution in [0.1, 0.15) is 28.8 Å². The summed E-state index contributed by atoms with van der Waals surface area (Å²) in [5.41, 5.74) is 9.32. The summed E-state index contributed by atoms with van der Waals surface area (Å²) < 4.78 is 27.9. The first-order chi connectivity index (χ1) is 12.9. The predicted molar refractivity (Wildman–Crippen MR) is 109 cm³/mol. The van der Waals surface area contributed by atoms with E-state index >= 15 is 0 Å². The normalized spacial score (nSPS) is 14.1. The van der Waals surface area contributed by atoms with Gasteiger partial charge < -0.3 is 5.73 Å². The first-order valence-corrected chi connectivity index (χ1v) is 10.3. The van der Waals surface area contributed by atoms with E-state index in [1.54, 1.807) is 31.3 Å². The Morgan fingerprint density at radius 2 is 1.26 bits per heavy atom. The van der Waals surface area contributed by atoms with Gasteiger partial charge in [-0.3, -0.25) is 0 Å². The summed E-state index contributed by atoms with van der Waals surface area (Å²) >= 11 is 0. The fraction of sp³-hybridized carbons (Fsp3) is 0.182. The monoisotopic (exact) mass is 380 g/mol. The van der Waals surface area contributed by atoms with Crippen LogP contribution in [-0.2, 0) is 10.0 Å². The zero-order valence-corrected chi connectivity index (χ0v) is 16.3. The number of likely N-dealkylation sites (N-methyl/N-ethyl adjacent to an activating group) is 1. The van der Waals surface area contributed by atoms with Crippen LogP contribution in [0, 0.1) is 6.92 Å². The Morgan fingerprint density at radius 1 is 0.778 bits per heavy atom. The molecule has 0 aromatic heterocycles. The van der Waals surface area contributed by atoms with Gasteiger partial charge in [0.25, 0.3) is 0 Å². The first kappa shape index (κ1) is 19.3. The number of benzene rings is 3. The van der Waals surface area contributed by atoms with Crippen molar-refractivity contribution in [2.45, 2.75) is 23.9 Å². The number of sulfonamides is 1. The maximum atomic E-state index is 13.3. The molecule has 3 aromatic carbocycles. The molecule has 0 bridgehead atoms. The molecule has 5 heteroatoms. The summed E-state index contributed by atoms with van der Waals surface area (Å²) in [6.45, 7) is 1.93. The molecule has 0 heterocycles. The van der Waals surface area contributed by atoms with Crippen molar-refractivity contribution >= 4 is 10.0 Å². The topological polar surface area (TPSA) is 63.4 Å². The molecule has 0 saturated carbocycles. The third-order valence-corrected chi connectivity index (χ3v) is 6.61. The lowest BCUT2D eigenvalue weighted by Crippen LogP contribution is -2.37. The summed E-state index contributed by atoms with van der Waals surface area (Å²) in [6, 6.07) is 24.9. The van der Waals surface area contributed by atoms with Crippen molar-refractivity contribution in [3.63, 3.8) is 0 Å². The fourth-order valence-corrected chi connectivity index (χ4v) is 4.54. The van der Waals surface area contributed by atoms with Gasteiger partial charge in [0.05, 0.1) is 17.0 Å². The van der Waals surface area contributed by atoms with Gasteiger partial charge in [-0.15, -0.1) is 0 Å². The summed E-state index contributed by atoms with van der Waals surface area (Å²) in [4.78, 5) is 0.261. The van der Waals surface area contributed by atoms with E-state index in [2.05, 4.69) is 0 Å². The van der Waals surface area contributed by atoms with Gasteiger partial charge in [-0.05, 0) is 30.2 Å². The standard InChI is InChI=1S/C22H24N2O2S/c1-17-13-15-20(16-14-17)27(25,26)24(2)22(19-11-7-4-8-12-19)21(23)18-9-5-3-6-10-18/h3-16,21-22H,23H2,1-2H3/t21-,22?/m1/s1. The van der Waals surface area contributed by atoms with Gasteiger partial charge in [0.15, 0.2) is 0 Å². The van der Waals surface area contributed by atoms with Crippen LogP contribution in [0.15, 0.2) is 89.8 Å². The molecule has 0 saturated heterocycles. The molecule has 0 aliphatic carbocycles. The fourth-order valence-electron chi connectivity index (χ4n) is 3.18. The van der Waals surface area contributed by atoms with Crippen LogP contribution < -0.4 is 5.73 Å². The second-order valence-corrected chi connectivity index (χ2v) is 8.62. The van der Waals surface area contributed by atoms with Crippen LogP contribution >= 0.6 is 0 Å². The van der Waals surface area contributed by atoms with Crippen molar-refractivity contribution in [3.8, 4) is 0 Å². The van der Waals surface area contributed by atoms with Gasteiger partial charge in [0, 0.05) is 7.05 Å². The molecule has 27 heavy (non-hydrogen) atoms. The van der Waals surface area contributed by atoms with E-state index < -0.39 is 22.1 Å². The number of rotatable bonds is 6. The minimum absolute atomic E-state index is 0.261. The van der Waals surface area contributed by atoms with Gasteiger partial charge in [-0.2, -0.15) is 4.31 Å². The molecular formula is C22H24N2O2S. The smallest absolute Gasteiger partial charge is 0.243 e. The highest BCUT2D eigenvalue weighted by atomic mass is 32.2. The zero-order chi connectivity index (χ0) is 19.4. The molecule has 0 radical (unpaired) electrons. The van der Waals surface area contributed by atoms with Crippen LogP contribution in [0.5, 0.6) is 0 Å². The van der Waals surface area contributed by atoms with Crippen LogP contribution in [-0.4, -0.2) is 19.8 Å². The molecule has 3 aromatic rings. The van der Waals surface area contributed by atoms with Crippen molar-refractivity contribution in [2.75, 3.05) is 7.05 Å². The molecular weight excluding hydrogens is 356 g/mol. The van der Waals surface area contributed by atoms with Crippen molar-refractivity contribution in [3.05, 3.63) is 102 Å². The van der Waals surface area contributed by atoms with Gasteiger partial charge in [0.2, 0.25) is 10.0 Å². The molecule has 140 valence electrons. The van der Waals surface area contributed by atoms with E-state index in [1.807, 2.05) is 67.6 Å². The second-order valence-electron chi connectivity index (χ2n) is 6.63. The van der Waals surface area contributed by atoms with E-state index in [0.717, 1.165) is 16.7 Å². The quantitative estimate of drug-likeness (QED) is 0.701. The van der Waals surface area contributed by atoms with Crippen LogP contribution in [0.4, 0.5) is 0 Å². The van der Waals surface area contributed by atoms with E-state index in [0.29, 0.717) is 0 Å². The summed E-state index contributed by atoms with van der Waals surface area (Å²) in [5, 5.41) is 0. The number of hydrogen-bond acceptors (Lipinski definition) is 3. The third-order valence-electron chi connectivity index (χ3n) is 4.76. The Labute approximate surface area is 161 Å². The Morgan fingerprint density at radius 3 is 1.78 bits per heavy atom. The second kappa shape index (κ2) is 8.05. The zero-order valence-electron chi connectivity index (χ0n) is 15.5. The van der Waals surface area contributed by atoms with E-state index in [4.69, 9.17) is 5.73 Å². The van der Waals surface area contributed by atoms with Crippen molar-refractivity contribution in [1.29, 1.82) is 0 Å². The molecule has 0 aliphatic heterocycles. The molecule has 2 atom stereocenters. The van der Waals surface area contributed by atoms with E-state index in [9.17, 15) is 8.42 Å². The van der Waals surface area contributed by atoms with Gasteiger partial charge >= 0.3 is 0 Å². The summed E-state index contributed by atoms with van der Waals surface area (Å²) in [5.74, 6) is 0. The average Bonchev–Trinajstić information content (AvgIpc) is 2.70. The molecule has 4 nitrogen and oxygen atoms in total. The lowest BCUT2D eigenvalue weighted by molar-refractivity contribution is 0.328. The Balaban J connectivity index is 2.06. The number of hydrogen-bond donors (Lipinski definition) is 1. The Kier molecular flexibility index (Phi) is 5.75. The lowest BCUT2D eigenvalue weighted by atomic mass is 9.94. The summed E-state index contributed by atoms with van der Waals surface area (Å²) in [6.07, 6.45) is 0. The third kappa shape index (κ3) is 4.11. The van der Waals surface area contributed by atoms with Crippen LogP contribution in [0.3, 0.4) is 0 Å². The Hall–Kier alpha value is -2.47. The SMILES string of the molecule is Cc1ccc(S(=O)(=O)N(C)C(c2ccccc2)[C@H](N)c2ccccc2)cc1. The molecule has 2 N–H and O–H groups in total. The molecule has 0 fully saturated rings. The maximum Gasteiger partial charge on any atom is 0.243 e. The Bertz CT molecular complexity index is 972. The highest BCUT2D eigenvalue weighted by molar-refractivity contribution is 7.89.